The standard InChI is InChI=1S/C12H20N2O2/c1-3-9(2)14-7-6-12(8-14)5-4-10(15)13-11(12)16/h9H,3-8H2,1-2H3,(H,13,15,16). The number of rotatable bonds is 2. The van der Waals surface area contributed by atoms with Crippen molar-refractivity contribution in [2.24, 2.45) is 5.41 Å². The van der Waals surface area contributed by atoms with Crippen LogP contribution in [0.25, 0.3) is 0 Å². The molecule has 0 radical (unpaired) electrons. The molecule has 4 heteroatoms. The zero-order valence-corrected chi connectivity index (χ0v) is 10.1. The van der Waals surface area contributed by atoms with Crippen LogP contribution in [0.2, 0.25) is 0 Å². The highest BCUT2D eigenvalue weighted by Gasteiger charge is 2.47. The number of imide groups is 1. The molecule has 4 nitrogen and oxygen atoms in total. The van der Waals surface area contributed by atoms with Gasteiger partial charge in [0.1, 0.15) is 0 Å². The van der Waals surface area contributed by atoms with Gasteiger partial charge in [0.25, 0.3) is 0 Å². The van der Waals surface area contributed by atoms with Crippen molar-refractivity contribution < 1.29 is 9.59 Å². The average Bonchev–Trinajstić information content (AvgIpc) is 2.69. The van der Waals surface area contributed by atoms with Crippen molar-refractivity contribution in [3.8, 4) is 0 Å². The van der Waals surface area contributed by atoms with Gasteiger partial charge in [0.05, 0.1) is 5.41 Å². The summed E-state index contributed by atoms with van der Waals surface area (Å²) in [5.74, 6) is -0.160. The summed E-state index contributed by atoms with van der Waals surface area (Å²) in [5.41, 5.74) is -0.280. The lowest BCUT2D eigenvalue weighted by atomic mass is 9.79. The predicted octanol–water partition coefficient (Wildman–Crippen LogP) is 0.914. The fraction of sp³-hybridized carbons (Fsp3) is 0.833. The smallest absolute Gasteiger partial charge is 0.234 e. The second kappa shape index (κ2) is 4.17. The molecule has 1 N–H and O–H groups in total. The van der Waals surface area contributed by atoms with Crippen LogP contribution in [-0.4, -0.2) is 35.8 Å². The van der Waals surface area contributed by atoms with Gasteiger partial charge in [-0.15, -0.1) is 0 Å². The van der Waals surface area contributed by atoms with Crippen LogP contribution < -0.4 is 5.32 Å². The maximum atomic E-state index is 11.9. The molecule has 2 heterocycles. The van der Waals surface area contributed by atoms with E-state index in [1.54, 1.807) is 0 Å². The minimum atomic E-state index is -0.280. The summed E-state index contributed by atoms with van der Waals surface area (Å²) < 4.78 is 0. The first-order valence-electron chi connectivity index (χ1n) is 6.16. The van der Waals surface area contributed by atoms with E-state index in [0.717, 1.165) is 32.4 Å². The van der Waals surface area contributed by atoms with Gasteiger partial charge in [-0.25, -0.2) is 0 Å². The number of nitrogens with zero attached hydrogens (tertiary/aromatic N) is 1. The lowest BCUT2D eigenvalue weighted by molar-refractivity contribution is -0.141. The molecule has 2 atom stereocenters. The van der Waals surface area contributed by atoms with Crippen molar-refractivity contribution in [3.05, 3.63) is 0 Å². The first kappa shape index (κ1) is 11.6. The lowest BCUT2D eigenvalue weighted by Gasteiger charge is -2.32. The number of hydrogen-bond acceptors (Lipinski definition) is 3. The monoisotopic (exact) mass is 224 g/mol. The molecule has 2 amide bonds. The Morgan fingerprint density at radius 2 is 2.19 bits per heavy atom. The number of carbonyl (C=O) groups is 2. The van der Waals surface area contributed by atoms with Gasteiger partial charge < -0.3 is 0 Å². The molecule has 2 aliphatic rings. The van der Waals surface area contributed by atoms with Crippen LogP contribution in [0.1, 0.15) is 39.5 Å². The van der Waals surface area contributed by atoms with E-state index in [1.165, 1.54) is 0 Å². The number of amides is 2. The molecule has 0 aromatic rings. The van der Waals surface area contributed by atoms with E-state index in [1.807, 2.05) is 0 Å². The molecule has 2 rings (SSSR count). The van der Waals surface area contributed by atoms with Crippen LogP contribution in [0.15, 0.2) is 0 Å². The molecule has 0 aliphatic carbocycles. The summed E-state index contributed by atoms with van der Waals surface area (Å²) in [5, 5.41) is 2.48. The minimum Gasteiger partial charge on any atom is -0.300 e. The van der Waals surface area contributed by atoms with Crippen LogP contribution in [-0.2, 0) is 9.59 Å². The Labute approximate surface area is 96.4 Å². The minimum absolute atomic E-state index is 0.0467. The highest BCUT2D eigenvalue weighted by atomic mass is 16.2. The van der Waals surface area contributed by atoms with Gasteiger partial charge in [0, 0.05) is 19.0 Å². The second-order valence-corrected chi connectivity index (χ2v) is 5.14. The Kier molecular flexibility index (Phi) is 3.02. The summed E-state index contributed by atoms with van der Waals surface area (Å²) >= 11 is 0. The molecule has 1 spiro atoms. The Morgan fingerprint density at radius 1 is 1.44 bits per heavy atom. The first-order valence-corrected chi connectivity index (χ1v) is 6.16. The molecule has 2 saturated heterocycles. The molecule has 2 fully saturated rings. The van der Waals surface area contributed by atoms with Crippen LogP contribution in [0.5, 0.6) is 0 Å². The maximum Gasteiger partial charge on any atom is 0.234 e. The normalized spacial score (nSPS) is 33.1. The molecule has 2 unspecified atom stereocenters. The SMILES string of the molecule is CCC(C)N1CCC2(CCC(=O)NC2=O)C1. The number of hydrogen-bond donors (Lipinski definition) is 1. The molecule has 16 heavy (non-hydrogen) atoms. The highest BCUT2D eigenvalue weighted by molar-refractivity contribution is 6.00. The quantitative estimate of drug-likeness (QED) is 0.709. The van der Waals surface area contributed by atoms with E-state index in [2.05, 4.69) is 24.1 Å². The van der Waals surface area contributed by atoms with Crippen LogP contribution in [0, 0.1) is 5.41 Å². The third-order valence-electron chi connectivity index (χ3n) is 4.16. The fourth-order valence-corrected chi connectivity index (χ4v) is 2.72. The van der Waals surface area contributed by atoms with Crippen molar-refractivity contribution in [1.29, 1.82) is 0 Å². The van der Waals surface area contributed by atoms with Gasteiger partial charge in [0.2, 0.25) is 11.8 Å². The first-order chi connectivity index (χ1) is 7.57. The third-order valence-corrected chi connectivity index (χ3v) is 4.16. The van der Waals surface area contributed by atoms with Crippen molar-refractivity contribution in [3.63, 3.8) is 0 Å². The zero-order chi connectivity index (χ0) is 11.8. The maximum absolute atomic E-state index is 11.9. The van der Waals surface area contributed by atoms with Crippen LogP contribution in [0.4, 0.5) is 0 Å². The Hall–Kier alpha value is -0.900. The van der Waals surface area contributed by atoms with E-state index >= 15 is 0 Å². The zero-order valence-electron chi connectivity index (χ0n) is 10.1. The number of carbonyl (C=O) groups excluding carboxylic acids is 2. The topological polar surface area (TPSA) is 49.4 Å². The van der Waals surface area contributed by atoms with Crippen LogP contribution >= 0.6 is 0 Å². The van der Waals surface area contributed by atoms with E-state index < -0.39 is 0 Å². The van der Waals surface area contributed by atoms with Crippen molar-refractivity contribution in [2.75, 3.05) is 13.1 Å². The highest BCUT2D eigenvalue weighted by Crippen LogP contribution is 2.38. The Bertz CT molecular complexity index is 316. The number of likely N-dealkylation sites (tertiary alicyclic amines) is 1. The summed E-state index contributed by atoms with van der Waals surface area (Å²) in [7, 11) is 0. The molecule has 0 saturated carbocycles. The van der Waals surface area contributed by atoms with E-state index in [9.17, 15) is 9.59 Å². The third kappa shape index (κ3) is 1.86. The van der Waals surface area contributed by atoms with Gasteiger partial charge >= 0.3 is 0 Å². The van der Waals surface area contributed by atoms with Crippen molar-refractivity contribution in [2.45, 2.75) is 45.6 Å². The molecule has 2 aliphatic heterocycles. The van der Waals surface area contributed by atoms with Gasteiger partial charge in [-0.3, -0.25) is 19.8 Å². The summed E-state index contributed by atoms with van der Waals surface area (Å²) in [6.07, 6.45) is 3.23. The van der Waals surface area contributed by atoms with E-state index in [4.69, 9.17) is 0 Å². The van der Waals surface area contributed by atoms with E-state index in [0.29, 0.717) is 12.5 Å². The molecular formula is C12H20N2O2. The molecule has 0 aromatic carbocycles. The van der Waals surface area contributed by atoms with Crippen LogP contribution in [0.3, 0.4) is 0 Å². The predicted molar refractivity (Wildman–Crippen MR) is 60.8 cm³/mol. The van der Waals surface area contributed by atoms with Gasteiger partial charge in [0.15, 0.2) is 0 Å². The summed E-state index contributed by atoms with van der Waals surface area (Å²) in [6, 6.07) is 0.532. The largest absolute Gasteiger partial charge is 0.300 e. The van der Waals surface area contributed by atoms with Crippen molar-refractivity contribution in [1.82, 2.24) is 10.2 Å². The second-order valence-electron chi connectivity index (χ2n) is 5.14. The summed E-state index contributed by atoms with van der Waals surface area (Å²) in [4.78, 5) is 25.4. The Balaban J connectivity index is 2.06. The number of nitrogens with one attached hydrogen (secondary N) is 1. The average molecular weight is 224 g/mol. The van der Waals surface area contributed by atoms with Crippen molar-refractivity contribution >= 4 is 11.8 Å². The fourth-order valence-electron chi connectivity index (χ4n) is 2.72. The van der Waals surface area contributed by atoms with Gasteiger partial charge in [-0.2, -0.15) is 0 Å². The Morgan fingerprint density at radius 3 is 2.81 bits per heavy atom. The summed E-state index contributed by atoms with van der Waals surface area (Å²) in [6.45, 7) is 6.17. The van der Waals surface area contributed by atoms with Gasteiger partial charge in [-0.05, 0) is 32.7 Å². The number of piperidine rings is 1. The molecular weight excluding hydrogens is 204 g/mol. The molecule has 0 aromatic heterocycles. The lowest BCUT2D eigenvalue weighted by Crippen LogP contribution is -2.50. The molecule has 90 valence electrons. The van der Waals surface area contributed by atoms with E-state index in [-0.39, 0.29) is 17.2 Å². The molecule has 0 bridgehead atoms. The van der Waals surface area contributed by atoms with Gasteiger partial charge in [-0.1, -0.05) is 6.92 Å².